The zero-order valence-electron chi connectivity index (χ0n) is 12.5. The quantitative estimate of drug-likeness (QED) is 0.918. The number of nitrogens with zero attached hydrogens (tertiary/aromatic N) is 1. The monoisotopic (exact) mass is 294 g/mol. The fraction of sp³-hybridized carbons (Fsp3) is 0.467. The van der Waals surface area contributed by atoms with Crippen LogP contribution in [0.3, 0.4) is 0 Å². The summed E-state index contributed by atoms with van der Waals surface area (Å²) in [5, 5.41) is 4.55. The number of aromatic nitrogens is 1. The van der Waals surface area contributed by atoms with Crippen molar-refractivity contribution in [3.63, 3.8) is 0 Å². The minimum absolute atomic E-state index is 0.0533. The summed E-state index contributed by atoms with van der Waals surface area (Å²) in [6.07, 6.45) is 1.27. The third-order valence-corrected chi connectivity index (χ3v) is 4.78. The molecular formula is C15H22N2O2S. The summed E-state index contributed by atoms with van der Waals surface area (Å²) in [6, 6.07) is 8.24. The van der Waals surface area contributed by atoms with Crippen molar-refractivity contribution in [3.8, 4) is 0 Å². The summed E-state index contributed by atoms with van der Waals surface area (Å²) in [5.41, 5.74) is 3.66. The Morgan fingerprint density at radius 2 is 1.95 bits per heavy atom. The molecule has 110 valence electrons. The number of benzene rings is 1. The van der Waals surface area contributed by atoms with Crippen molar-refractivity contribution in [3.05, 3.63) is 35.5 Å². The molecule has 0 saturated carbocycles. The van der Waals surface area contributed by atoms with Crippen LogP contribution in [0.1, 0.15) is 18.2 Å². The molecule has 2 rings (SSSR count). The van der Waals surface area contributed by atoms with E-state index in [2.05, 4.69) is 28.9 Å². The fourth-order valence-corrected chi connectivity index (χ4v) is 3.70. The zero-order valence-corrected chi connectivity index (χ0v) is 13.3. The highest BCUT2D eigenvalue weighted by atomic mass is 32.2. The van der Waals surface area contributed by atoms with Crippen LogP contribution in [0.15, 0.2) is 24.3 Å². The first-order chi connectivity index (χ1) is 9.29. The van der Waals surface area contributed by atoms with Crippen LogP contribution in [-0.2, 0) is 23.4 Å². The lowest BCUT2D eigenvalue weighted by Gasteiger charge is -2.14. The maximum Gasteiger partial charge on any atom is 0.148 e. The van der Waals surface area contributed by atoms with Crippen LogP contribution in [0, 0.1) is 6.92 Å². The lowest BCUT2D eigenvalue weighted by atomic mass is 10.1. The predicted octanol–water partition coefficient (Wildman–Crippen LogP) is 2.01. The van der Waals surface area contributed by atoms with Crippen molar-refractivity contribution in [2.75, 3.05) is 12.0 Å². The number of rotatable bonds is 5. The number of hydrogen-bond donors (Lipinski definition) is 1. The Bertz CT molecular complexity index is 678. The summed E-state index contributed by atoms with van der Waals surface area (Å²) < 4.78 is 24.7. The van der Waals surface area contributed by atoms with Gasteiger partial charge in [-0.15, -0.1) is 0 Å². The van der Waals surface area contributed by atoms with Crippen LogP contribution in [0.4, 0.5) is 0 Å². The lowest BCUT2D eigenvalue weighted by Crippen LogP contribution is -2.32. The minimum atomic E-state index is -2.94. The Morgan fingerprint density at radius 1 is 1.30 bits per heavy atom. The Kier molecular flexibility index (Phi) is 4.20. The second-order valence-corrected chi connectivity index (χ2v) is 7.71. The van der Waals surface area contributed by atoms with Gasteiger partial charge in [-0.3, -0.25) is 0 Å². The van der Waals surface area contributed by atoms with Gasteiger partial charge in [-0.1, -0.05) is 18.2 Å². The third kappa shape index (κ3) is 3.22. The molecule has 0 spiro atoms. The third-order valence-electron chi connectivity index (χ3n) is 3.68. The molecule has 0 radical (unpaired) electrons. The summed E-state index contributed by atoms with van der Waals surface area (Å²) in [7, 11) is -0.893. The second kappa shape index (κ2) is 5.58. The SMILES string of the molecule is Cc1c(CNC(C)CS(C)(=O)=O)n(C)c2ccccc12. The topological polar surface area (TPSA) is 51.1 Å². The molecule has 1 N–H and O–H groups in total. The van der Waals surface area contributed by atoms with Gasteiger partial charge in [0.1, 0.15) is 9.84 Å². The number of aryl methyl sites for hydroxylation is 2. The summed E-state index contributed by atoms with van der Waals surface area (Å²) in [6.45, 7) is 4.69. The number of nitrogens with one attached hydrogen (secondary N) is 1. The van der Waals surface area contributed by atoms with E-state index in [-0.39, 0.29) is 11.8 Å². The first kappa shape index (κ1) is 15.1. The lowest BCUT2D eigenvalue weighted by molar-refractivity contribution is 0.551. The molecule has 1 aromatic heterocycles. The van der Waals surface area contributed by atoms with Crippen molar-refractivity contribution in [1.29, 1.82) is 0 Å². The molecule has 0 amide bonds. The standard InChI is InChI=1S/C15H22N2O2S/c1-11(10-20(4,18)19)16-9-15-12(2)13-7-5-6-8-14(13)17(15)3/h5-8,11,16H,9-10H2,1-4H3. The summed E-state index contributed by atoms with van der Waals surface area (Å²) in [4.78, 5) is 0. The van der Waals surface area contributed by atoms with Gasteiger partial charge in [0.25, 0.3) is 0 Å². The van der Waals surface area contributed by atoms with E-state index in [1.54, 1.807) is 0 Å². The van der Waals surface area contributed by atoms with Gasteiger partial charge in [-0.05, 0) is 25.5 Å². The van der Waals surface area contributed by atoms with E-state index in [1.165, 1.54) is 28.4 Å². The van der Waals surface area contributed by atoms with Crippen LogP contribution < -0.4 is 5.32 Å². The molecule has 2 aromatic rings. The van der Waals surface area contributed by atoms with E-state index in [9.17, 15) is 8.42 Å². The van der Waals surface area contributed by atoms with Crippen LogP contribution in [0.25, 0.3) is 10.9 Å². The van der Waals surface area contributed by atoms with Gasteiger partial charge in [0.05, 0.1) is 5.75 Å². The van der Waals surface area contributed by atoms with E-state index in [0.717, 1.165) is 0 Å². The van der Waals surface area contributed by atoms with Crippen LogP contribution in [-0.4, -0.2) is 31.0 Å². The molecule has 1 unspecified atom stereocenters. The van der Waals surface area contributed by atoms with E-state index >= 15 is 0 Å². The number of hydrogen-bond acceptors (Lipinski definition) is 3. The molecule has 0 aliphatic rings. The Hall–Kier alpha value is -1.33. The molecule has 0 aliphatic carbocycles. The zero-order chi connectivity index (χ0) is 14.9. The molecule has 5 heteroatoms. The number of sulfone groups is 1. The predicted molar refractivity (Wildman–Crippen MR) is 83.7 cm³/mol. The average Bonchev–Trinajstić information content (AvgIpc) is 2.59. The Labute approximate surface area is 120 Å². The van der Waals surface area contributed by atoms with Crippen LogP contribution in [0.2, 0.25) is 0 Å². The first-order valence-corrected chi connectivity index (χ1v) is 8.79. The maximum absolute atomic E-state index is 11.3. The molecular weight excluding hydrogens is 272 g/mol. The minimum Gasteiger partial charge on any atom is -0.346 e. The van der Waals surface area contributed by atoms with E-state index in [4.69, 9.17) is 0 Å². The van der Waals surface area contributed by atoms with Crippen molar-refractivity contribution in [2.24, 2.45) is 7.05 Å². The van der Waals surface area contributed by atoms with Gasteiger partial charge in [0, 0.05) is 42.5 Å². The van der Waals surface area contributed by atoms with Gasteiger partial charge in [0.15, 0.2) is 0 Å². The van der Waals surface area contributed by atoms with E-state index in [1.807, 2.05) is 26.1 Å². The fourth-order valence-electron chi connectivity index (χ4n) is 2.67. The number of fused-ring (bicyclic) bond motifs is 1. The highest BCUT2D eigenvalue weighted by Gasteiger charge is 2.14. The second-order valence-electron chi connectivity index (χ2n) is 5.52. The molecule has 1 atom stereocenters. The maximum atomic E-state index is 11.3. The van der Waals surface area contributed by atoms with Gasteiger partial charge < -0.3 is 9.88 Å². The highest BCUT2D eigenvalue weighted by Crippen LogP contribution is 2.24. The van der Waals surface area contributed by atoms with Crippen LogP contribution in [0.5, 0.6) is 0 Å². The molecule has 1 heterocycles. The Balaban J connectivity index is 2.18. The molecule has 0 aliphatic heterocycles. The molecule has 0 saturated heterocycles. The largest absolute Gasteiger partial charge is 0.346 e. The van der Waals surface area contributed by atoms with Gasteiger partial charge in [-0.25, -0.2) is 8.42 Å². The first-order valence-electron chi connectivity index (χ1n) is 6.73. The molecule has 0 bridgehead atoms. The molecule has 4 nitrogen and oxygen atoms in total. The molecule has 0 fully saturated rings. The van der Waals surface area contributed by atoms with E-state index < -0.39 is 9.84 Å². The smallest absolute Gasteiger partial charge is 0.148 e. The highest BCUT2D eigenvalue weighted by molar-refractivity contribution is 7.90. The normalized spacial score (nSPS) is 13.8. The van der Waals surface area contributed by atoms with Crippen molar-refractivity contribution < 1.29 is 8.42 Å². The summed E-state index contributed by atoms with van der Waals surface area (Å²) in [5.74, 6) is 0.163. The van der Waals surface area contributed by atoms with Crippen molar-refractivity contribution in [1.82, 2.24) is 9.88 Å². The van der Waals surface area contributed by atoms with Gasteiger partial charge in [-0.2, -0.15) is 0 Å². The summed E-state index contributed by atoms with van der Waals surface area (Å²) >= 11 is 0. The van der Waals surface area contributed by atoms with Crippen molar-refractivity contribution in [2.45, 2.75) is 26.4 Å². The Morgan fingerprint density at radius 3 is 2.55 bits per heavy atom. The van der Waals surface area contributed by atoms with Crippen molar-refractivity contribution >= 4 is 20.7 Å². The average molecular weight is 294 g/mol. The molecule has 1 aromatic carbocycles. The molecule has 20 heavy (non-hydrogen) atoms. The van der Waals surface area contributed by atoms with Crippen LogP contribution >= 0.6 is 0 Å². The van der Waals surface area contributed by atoms with Gasteiger partial charge in [0.2, 0.25) is 0 Å². The van der Waals surface area contributed by atoms with E-state index in [0.29, 0.717) is 6.54 Å². The van der Waals surface area contributed by atoms with Gasteiger partial charge >= 0.3 is 0 Å². The number of para-hydroxylation sites is 1.